The first-order chi connectivity index (χ1) is 10.8. The third-order valence-corrected chi connectivity index (χ3v) is 6.58. The number of aryl methyl sites for hydroxylation is 4. The highest BCUT2D eigenvalue weighted by molar-refractivity contribution is 9.09. The maximum Gasteiger partial charge on any atom is 0.0685 e. The fourth-order valence-corrected chi connectivity index (χ4v) is 5.15. The topological polar surface area (TPSA) is 12.0 Å². The maximum absolute atomic E-state index is 3.98. The number of halogens is 1. The number of fused-ring (bicyclic) bond motifs is 4. The summed E-state index contributed by atoms with van der Waals surface area (Å²) in [7, 11) is 0. The van der Waals surface area contributed by atoms with E-state index in [0.29, 0.717) is 4.83 Å². The zero-order chi connectivity index (χ0) is 14.7. The molecule has 0 fully saturated rings. The van der Waals surface area contributed by atoms with Gasteiger partial charge in [0.2, 0.25) is 0 Å². The number of hydrogen-bond acceptors (Lipinski definition) is 1. The standard InChI is InChI=1S/C20H20BrN/c21-20-16-8-12-4-1-2-5-14(12)10-18(16)22-19-11-15-7-3-6-13(15)9-17(19)20/h8-11,20,22H,1-7H2. The Morgan fingerprint density at radius 2 is 1.14 bits per heavy atom. The maximum atomic E-state index is 3.98. The predicted octanol–water partition coefficient (Wildman–Crippen LogP) is 5.60. The zero-order valence-electron chi connectivity index (χ0n) is 12.7. The summed E-state index contributed by atoms with van der Waals surface area (Å²) in [5, 5.41) is 3.72. The molecule has 112 valence electrons. The highest BCUT2D eigenvalue weighted by atomic mass is 79.9. The lowest BCUT2D eigenvalue weighted by Crippen LogP contribution is -2.13. The number of anilines is 2. The van der Waals surface area contributed by atoms with Gasteiger partial charge in [0, 0.05) is 11.4 Å². The highest BCUT2D eigenvalue weighted by Gasteiger charge is 2.27. The van der Waals surface area contributed by atoms with E-state index in [1.807, 2.05) is 0 Å². The Hall–Kier alpha value is -1.28. The summed E-state index contributed by atoms with van der Waals surface area (Å²) < 4.78 is 0. The van der Waals surface area contributed by atoms with Gasteiger partial charge in [-0.15, -0.1) is 0 Å². The first-order valence-corrected chi connectivity index (χ1v) is 9.43. The lowest BCUT2D eigenvalue weighted by Gasteiger charge is -2.29. The number of hydrogen-bond donors (Lipinski definition) is 1. The molecule has 0 amide bonds. The number of rotatable bonds is 0. The summed E-state index contributed by atoms with van der Waals surface area (Å²) in [6.07, 6.45) is 8.98. The largest absolute Gasteiger partial charge is 0.355 e. The summed E-state index contributed by atoms with van der Waals surface area (Å²) in [6.45, 7) is 0. The van der Waals surface area contributed by atoms with Gasteiger partial charge >= 0.3 is 0 Å². The molecule has 0 saturated carbocycles. The van der Waals surface area contributed by atoms with Crippen LogP contribution in [0.1, 0.15) is 57.5 Å². The number of nitrogens with one attached hydrogen (secondary N) is 1. The Kier molecular flexibility index (Phi) is 2.91. The van der Waals surface area contributed by atoms with Gasteiger partial charge < -0.3 is 5.32 Å². The second-order valence-electron chi connectivity index (χ2n) is 6.96. The van der Waals surface area contributed by atoms with Gasteiger partial charge in [0.25, 0.3) is 0 Å². The smallest absolute Gasteiger partial charge is 0.0685 e. The molecule has 1 nitrogen and oxygen atoms in total. The van der Waals surface area contributed by atoms with Crippen molar-refractivity contribution in [2.24, 2.45) is 0 Å². The van der Waals surface area contributed by atoms with Gasteiger partial charge in [-0.05, 0) is 90.5 Å². The fraction of sp³-hybridized carbons (Fsp3) is 0.400. The van der Waals surface area contributed by atoms with Crippen LogP contribution in [-0.4, -0.2) is 0 Å². The minimum absolute atomic E-state index is 0.330. The predicted molar refractivity (Wildman–Crippen MR) is 95.6 cm³/mol. The van der Waals surface area contributed by atoms with E-state index in [2.05, 4.69) is 45.5 Å². The van der Waals surface area contributed by atoms with E-state index in [1.165, 1.54) is 67.4 Å². The molecule has 0 bridgehead atoms. The van der Waals surface area contributed by atoms with E-state index in [-0.39, 0.29) is 0 Å². The van der Waals surface area contributed by atoms with Crippen molar-refractivity contribution in [2.45, 2.75) is 49.8 Å². The molecule has 5 rings (SSSR count). The Balaban J connectivity index is 1.65. The summed E-state index contributed by atoms with van der Waals surface area (Å²) >= 11 is 3.98. The van der Waals surface area contributed by atoms with Crippen molar-refractivity contribution in [2.75, 3.05) is 5.32 Å². The van der Waals surface area contributed by atoms with Crippen molar-refractivity contribution in [1.29, 1.82) is 0 Å². The SMILES string of the molecule is BrC1c2cc3c(cc2Nc2cc4c(cc21)CCC4)CCCC3. The van der Waals surface area contributed by atoms with Gasteiger partial charge in [0.15, 0.2) is 0 Å². The second-order valence-corrected chi connectivity index (χ2v) is 7.88. The van der Waals surface area contributed by atoms with E-state index in [4.69, 9.17) is 0 Å². The van der Waals surface area contributed by atoms with Crippen LogP contribution in [0.25, 0.3) is 0 Å². The molecule has 22 heavy (non-hydrogen) atoms. The third-order valence-electron chi connectivity index (χ3n) is 5.59. The van der Waals surface area contributed by atoms with Crippen LogP contribution in [0.3, 0.4) is 0 Å². The summed E-state index contributed by atoms with van der Waals surface area (Å²) in [6, 6.07) is 9.70. The van der Waals surface area contributed by atoms with Gasteiger partial charge in [-0.3, -0.25) is 0 Å². The molecule has 2 aliphatic carbocycles. The van der Waals surface area contributed by atoms with Crippen LogP contribution in [0.15, 0.2) is 24.3 Å². The summed E-state index contributed by atoms with van der Waals surface area (Å²) in [5.74, 6) is 0. The molecule has 0 aromatic heterocycles. The molecule has 1 aliphatic heterocycles. The van der Waals surface area contributed by atoms with Crippen molar-refractivity contribution in [3.8, 4) is 0 Å². The second kappa shape index (κ2) is 4.86. The molecule has 0 spiro atoms. The quantitative estimate of drug-likeness (QED) is 0.608. The molecule has 2 aromatic rings. The third kappa shape index (κ3) is 1.89. The van der Waals surface area contributed by atoms with Crippen LogP contribution >= 0.6 is 15.9 Å². The van der Waals surface area contributed by atoms with Crippen LogP contribution < -0.4 is 5.32 Å². The van der Waals surface area contributed by atoms with E-state index < -0.39 is 0 Å². The van der Waals surface area contributed by atoms with Gasteiger partial charge in [-0.2, -0.15) is 0 Å². The summed E-state index contributed by atoms with van der Waals surface area (Å²) in [4.78, 5) is 0.330. The van der Waals surface area contributed by atoms with Crippen LogP contribution in [0.5, 0.6) is 0 Å². The average molecular weight is 354 g/mol. The molecule has 2 heteroatoms. The molecule has 1 atom stereocenters. The molecule has 0 radical (unpaired) electrons. The summed E-state index contributed by atoms with van der Waals surface area (Å²) in [5.41, 5.74) is 11.7. The van der Waals surface area contributed by atoms with Crippen molar-refractivity contribution in [3.63, 3.8) is 0 Å². The van der Waals surface area contributed by atoms with Gasteiger partial charge in [-0.25, -0.2) is 0 Å². The lowest BCUT2D eigenvalue weighted by molar-refractivity contribution is 0.684. The Bertz CT molecular complexity index is 778. The number of alkyl halides is 1. The first-order valence-electron chi connectivity index (χ1n) is 8.52. The van der Waals surface area contributed by atoms with Crippen LogP contribution in [0.2, 0.25) is 0 Å². The van der Waals surface area contributed by atoms with Gasteiger partial charge in [0.1, 0.15) is 0 Å². The molecule has 1 unspecified atom stereocenters. The Morgan fingerprint density at radius 1 is 0.682 bits per heavy atom. The normalized spacial score (nSPS) is 21.4. The average Bonchev–Trinajstić information content (AvgIpc) is 2.99. The van der Waals surface area contributed by atoms with Gasteiger partial charge in [0.05, 0.1) is 4.83 Å². The van der Waals surface area contributed by atoms with Crippen LogP contribution in [-0.2, 0) is 25.7 Å². The Labute approximate surface area is 140 Å². The van der Waals surface area contributed by atoms with E-state index in [1.54, 1.807) is 22.3 Å². The lowest BCUT2D eigenvalue weighted by atomic mass is 9.86. The Morgan fingerprint density at radius 3 is 1.68 bits per heavy atom. The minimum atomic E-state index is 0.330. The van der Waals surface area contributed by atoms with Crippen molar-refractivity contribution in [3.05, 3.63) is 57.6 Å². The van der Waals surface area contributed by atoms with Gasteiger partial charge in [-0.1, -0.05) is 28.1 Å². The van der Waals surface area contributed by atoms with E-state index >= 15 is 0 Å². The molecule has 0 saturated heterocycles. The molecule has 1 heterocycles. The van der Waals surface area contributed by atoms with E-state index in [0.717, 1.165) is 0 Å². The van der Waals surface area contributed by atoms with Crippen LogP contribution in [0.4, 0.5) is 11.4 Å². The molecule has 3 aliphatic rings. The van der Waals surface area contributed by atoms with Crippen molar-refractivity contribution >= 4 is 27.3 Å². The van der Waals surface area contributed by atoms with Crippen molar-refractivity contribution < 1.29 is 0 Å². The zero-order valence-corrected chi connectivity index (χ0v) is 14.3. The number of benzene rings is 2. The fourth-order valence-electron chi connectivity index (χ4n) is 4.40. The monoisotopic (exact) mass is 353 g/mol. The molecule has 2 aromatic carbocycles. The van der Waals surface area contributed by atoms with Crippen molar-refractivity contribution in [1.82, 2.24) is 0 Å². The molecular formula is C20H20BrN. The minimum Gasteiger partial charge on any atom is -0.355 e. The molecular weight excluding hydrogens is 334 g/mol. The van der Waals surface area contributed by atoms with Crippen LogP contribution in [0, 0.1) is 0 Å². The first kappa shape index (κ1) is 13.2. The highest BCUT2D eigenvalue weighted by Crippen LogP contribution is 2.47. The van der Waals surface area contributed by atoms with E-state index in [9.17, 15) is 0 Å². The molecule has 1 N–H and O–H groups in total.